The van der Waals surface area contributed by atoms with Crippen LogP contribution in [0.5, 0.6) is 0 Å². The van der Waals surface area contributed by atoms with Crippen molar-refractivity contribution >= 4 is 0 Å². The van der Waals surface area contributed by atoms with Crippen molar-refractivity contribution in [3.05, 3.63) is 35.9 Å². The van der Waals surface area contributed by atoms with E-state index in [0.717, 1.165) is 26.3 Å². The minimum absolute atomic E-state index is 0.374. The first-order valence-electron chi connectivity index (χ1n) is 5.46. The van der Waals surface area contributed by atoms with Crippen LogP contribution >= 0.6 is 0 Å². The molecule has 1 heterocycles. The van der Waals surface area contributed by atoms with Crippen LogP contribution in [0.2, 0.25) is 0 Å². The van der Waals surface area contributed by atoms with Gasteiger partial charge in [-0.25, -0.2) is 0 Å². The number of rotatable bonds is 3. The Morgan fingerprint density at radius 2 is 2.13 bits per heavy atom. The summed E-state index contributed by atoms with van der Waals surface area (Å²) in [5.41, 5.74) is 7.07. The number of nitrogens with two attached hydrogens (primary N) is 1. The maximum atomic E-state index is 5.73. The molecular weight excluding hydrogens is 188 g/mol. The zero-order valence-electron chi connectivity index (χ0n) is 8.93. The maximum Gasteiger partial charge on any atom is 0.0634 e. The van der Waals surface area contributed by atoms with Crippen LogP contribution in [0.3, 0.4) is 0 Å². The summed E-state index contributed by atoms with van der Waals surface area (Å²) in [5, 5.41) is 0. The van der Waals surface area contributed by atoms with E-state index >= 15 is 0 Å². The van der Waals surface area contributed by atoms with Gasteiger partial charge in [0.15, 0.2) is 0 Å². The summed E-state index contributed by atoms with van der Waals surface area (Å²) < 4.78 is 5.42. The zero-order chi connectivity index (χ0) is 10.5. The molecule has 15 heavy (non-hydrogen) atoms. The van der Waals surface area contributed by atoms with Crippen molar-refractivity contribution in [2.24, 2.45) is 5.73 Å². The van der Waals surface area contributed by atoms with Crippen molar-refractivity contribution in [1.29, 1.82) is 0 Å². The van der Waals surface area contributed by atoms with E-state index in [2.05, 4.69) is 29.2 Å². The fourth-order valence-electron chi connectivity index (χ4n) is 1.93. The summed E-state index contributed by atoms with van der Waals surface area (Å²) in [4.78, 5) is 2.40. The molecule has 1 aliphatic heterocycles. The highest BCUT2D eigenvalue weighted by atomic mass is 16.5. The van der Waals surface area contributed by atoms with Gasteiger partial charge in [-0.3, -0.25) is 4.90 Å². The lowest BCUT2D eigenvalue weighted by molar-refractivity contribution is -0.00792. The molecule has 1 aliphatic rings. The first kappa shape index (κ1) is 10.6. The molecule has 1 saturated heterocycles. The van der Waals surface area contributed by atoms with Crippen LogP contribution in [0.4, 0.5) is 0 Å². The second-order valence-electron chi connectivity index (χ2n) is 3.92. The SMILES string of the molecule is NC[C@@H]1COCCN1Cc1ccccc1. The molecule has 3 heteroatoms. The van der Waals surface area contributed by atoms with Gasteiger partial charge in [0, 0.05) is 25.7 Å². The Balaban J connectivity index is 1.97. The van der Waals surface area contributed by atoms with E-state index in [1.165, 1.54) is 5.56 Å². The minimum atomic E-state index is 0.374. The van der Waals surface area contributed by atoms with Gasteiger partial charge in [0.2, 0.25) is 0 Å². The molecule has 1 atom stereocenters. The average molecular weight is 206 g/mol. The lowest BCUT2D eigenvalue weighted by Crippen LogP contribution is -2.48. The lowest BCUT2D eigenvalue weighted by atomic mass is 10.1. The van der Waals surface area contributed by atoms with Crippen molar-refractivity contribution in [3.63, 3.8) is 0 Å². The number of ether oxygens (including phenoxy) is 1. The Morgan fingerprint density at radius 3 is 2.87 bits per heavy atom. The minimum Gasteiger partial charge on any atom is -0.378 e. The molecule has 2 N–H and O–H groups in total. The largest absolute Gasteiger partial charge is 0.378 e. The monoisotopic (exact) mass is 206 g/mol. The molecule has 1 aromatic rings. The van der Waals surface area contributed by atoms with E-state index in [9.17, 15) is 0 Å². The second kappa shape index (κ2) is 5.26. The topological polar surface area (TPSA) is 38.5 Å². The van der Waals surface area contributed by atoms with Gasteiger partial charge in [0.05, 0.1) is 13.2 Å². The number of morpholine rings is 1. The Hall–Kier alpha value is -0.900. The summed E-state index contributed by atoms with van der Waals surface area (Å²) in [7, 11) is 0. The van der Waals surface area contributed by atoms with Crippen molar-refractivity contribution in [1.82, 2.24) is 4.90 Å². The van der Waals surface area contributed by atoms with Gasteiger partial charge in [-0.2, -0.15) is 0 Å². The van der Waals surface area contributed by atoms with Crippen LogP contribution in [0.1, 0.15) is 5.56 Å². The van der Waals surface area contributed by atoms with Crippen molar-refractivity contribution in [2.75, 3.05) is 26.3 Å². The molecule has 0 saturated carbocycles. The molecule has 1 aromatic carbocycles. The molecule has 0 bridgehead atoms. The third-order valence-electron chi connectivity index (χ3n) is 2.85. The van der Waals surface area contributed by atoms with Crippen molar-refractivity contribution < 1.29 is 4.74 Å². The molecule has 2 rings (SSSR count). The van der Waals surface area contributed by atoms with E-state index < -0.39 is 0 Å². The van der Waals surface area contributed by atoms with E-state index in [0.29, 0.717) is 12.6 Å². The van der Waals surface area contributed by atoms with Crippen LogP contribution in [0.25, 0.3) is 0 Å². The number of hydrogen-bond acceptors (Lipinski definition) is 3. The van der Waals surface area contributed by atoms with E-state index in [4.69, 9.17) is 10.5 Å². The van der Waals surface area contributed by atoms with Crippen LogP contribution < -0.4 is 5.73 Å². The summed E-state index contributed by atoms with van der Waals surface area (Å²) in [5.74, 6) is 0. The summed E-state index contributed by atoms with van der Waals surface area (Å²) in [6.07, 6.45) is 0. The Labute approximate surface area is 90.8 Å². The molecule has 0 radical (unpaired) electrons. The first-order chi connectivity index (χ1) is 7.40. The fourth-order valence-corrected chi connectivity index (χ4v) is 1.93. The number of benzene rings is 1. The van der Waals surface area contributed by atoms with Crippen LogP contribution in [0.15, 0.2) is 30.3 Å². The molecule has 0 unspecified atom stereocenters. The molecule has 3 nitrogen and oxygen atoms in total. The molecular formula is C12H18N2O. The standard InChI is InChI=1S/C12H18N2O/c13-8-12-10-15-7-6-14(12)9-11-4-2-1-3-5-11/h1-5,12H,6-10,13H2/t12-/m1/s1. The number of nitrogens with zero attached hydrogens (tertiary/aromatic N) is 1. The highest BCUT2D eigenvalue weighted by Crippen LogP contribution is 2.11. The summed E-state index contributed by atoms with van der Waals surface area (Å²) >= 11 is 0. The molecule has 0 spiro atoms. The Kier molecular flexibility index (Phi) is 3.72. The molecule has 82 valence electrons. The van der Waals surface area contributed by atoms with E-state index in [1.54, 1.807) is 0 Å². The molecule has 0 amide bonds. The lowest BCUT2D eigenvalue weighted by Gasteiger charge is -2.34. The van der Waals surface area contributed by atoms with Gasteiger partial charge in [0.1, 0.15) is 0 Å². The molecule has 0 aliphatic carbocycles. The first-order valence-corrected chi connectivity index (χ1v) is 5.46. The average Bonchev–Trinajstić information content (AvgIpc) is 2.31. The maximum absolute atomic E-state index is 5.73. The molecule has 1 fully saturated rings. The fraction of sp³-hybridized carbons (Fsp3) is 0.500. The second-order valence-corrected chi connectivity index (χ2v) is 3.92. The van der Waals surface area contributed by atoms with Crippen molar-refractivity contribution in [3.8, 4) is 0 Å². The van der Waals surface area contributed by atoms with Gasteiger partial charge in [-0.05, 0) is 5.56 Å². The van der Waals surface area contributed by atoms with Crippen molar-refractivity contribution in [2.45, 2.75) is 12.6 Å². The third-order valence-corrected chi connectivity index (χ3v) is 2.85. The van der Waals surface area contributed by atoms with Gasteiger partial charge in [-0.1, -0.05) is 30.3 Å². The quantitative estimate of drug-likeness (QED) is 0.796. The van der Waals surface area contributed by atoms with Gasteiger partial charge < -0.3 is 10.5 Å². The van der Waals surface area contributed by atoms with Crippen LogP contribution in [0, 0.1) is 0 Å². The van der Waals surface area contributed by atoms with Crippen LogP contribution in [-0.2, 0) is 11.3 Å². The Morgan fingerprint density at radius 1 is 1.33 bits per heavy atom. The molecule has 0 aromatic heterocycles. The predicted molar refractivity (Wildman–Crippen MR) is 60.5 cm³/mol. The van der Waals surface area contributed by atoms with Gasteiger partial charge in [-0.15, -0.1) is 0 Å². The highest BCUT2D eigenvalue weighted by molar-refractivity contribution is 5.14. The summed E-state index contributed by atoms with van der Waals surface area (Å²) in [6, 6.07) is 10.9. The van der Waals surface area contributed by atoms with Gasteiger partial charge >= 0.3 is 0 Å². The smallest absolute Gasteiger partial charge is 0.0634 e. The van der Waals surface area contributed by atoms with Gasteiger partial charge in [0.25, 0.3) is 0 Å². The van der Waals surface area contributed by atoms with E-state index in [-0.39, 0.29) is 0 Å². The highest BCUT2D eigenvalue weighted by Gasteiger charge is 2.21. The predicted octanol–water partition coefficient (Wildman–Crippen LogP) is 0.846. The third kappa shape index (κ3) is 2.78. The number of hydrogen-bond donors (Lipinski definition) is 1. The zero-order valence-corrected chi connectivity index (χ0v) is 8.93. The summed E-state index contributed by atoms with van der Waals surface area (Å²) in [6.45, 7) is 4.22. The van der Waals surface area contributed by atoms with Crippen LogP contribution in [-0.4, -0.2) is 37.2 Å². The Bertz CT molecular complexity index is 289. The van der Waals surface area contributed by atoms with E-state index in [1.807, 2.05) is 6.07 Å². The normalized spacial score (nSPS) is 22.9.